The zero-order valence-corrected chi connectivity index (χ0v) is 24.5. The van der Waals surface area contributed by atoms with Gasteiger partial charge < -0.3 is 10.2 Å². The average molecular weight is 550 g/mol. The number of aryl methyl sites for hydroxylation is 3. The van der Waals surface area contributed by atoms with Gasteiger partial charge in [0.15, 0.2) is 0 Å². The van der Waals surface area contributed by atoms with E-state index in [0.29, 0.717) is 12.2 Å². The van der Waals surface area contributed by atoms with Crippen LogP contribution >= 0.6 is 0 Å². The molecule has 1 N–H and O–H groups in total. The number of carbonyl (C=O) groups is 2. The van der Waals surface area contributed by atoms with E-state index in [4.69, 9.17) is 0 Å². The van der Waals surface area contributed by atoms with Gasteiger partial charge in [-0.3, -0.25) is 13.9 Å². The summed E-state index contributed by atoms with van der Waals surface area (Å²) in [4.78, 5) is 28.6. The molecule has 2 amide bonds. The first kappa shape index (κ1) is 29.9. The summed E-state index contributed by atoms with van der Waals surface area (Å²) >= 11 is 0. The van der Waals surface area contributed by atoms with Gasteiger partial charge in [0.2, 0.25) is 11.8 Å². The van der Waals surface area contributed by atoms with E-state index < -0.39 is 28.5 Å². The highest BCUT2D eigenvalue weighted by atomic mass is 32.2. The van der Waals surface area contributed by atoms with Crippen LogP contribution in [0.1, 0.15) is 43.0 Å². The molecule has 3 rings (SSSR count). The molecule has 0 aliphatic rings. The predicted molar refractivity (Wildman–Crippen MR) is 156 cm³/mol. The van der Waals surface area contributed by atoms with E-state index in [1.165, 1.54) is 17.0 Å². The van der Waals surface area contributed by atoms with Crippen molar-refractivity contribution in [3.05, 3.63) is 95.1 Å². The van der Waals surface area contributed by atoms with Crippen molar-refractivity contribution in [1.82, 2.24) is 10.2 Å². The molecule has 1 unspecified atom stereocenters. The lowest BCUT2D eigenvalue weighted by molar-refractivity contribution is -0.139. The standard InChI is InChI=1S/C31H39N3O4S/c1-22(2)19-32-31(36)26(6)33(20-27-15-12-23(3)13-16-27)30(35)21-34(29-17-14-24(4)18-25(29)5)39(37,38)28-10-8-7-9-11-28/h7-18,22,26H,19-21H2,1-6H3,(H,32,36). The summed E-state index contributed by atoms with van der Waals surface area (Å²) in [5.41, 5.74) is 4.06. The van der Waals surface area contributed by atoms with E-state index in [1.54, 1.807) is 31.2 Å². The quantitative estimate of drug-likeness (QED) is 0.365. The van der Waals surface area contributed by atoms with Crippen LogP contribution in [-0.2, 0) is 26.2 Å². The number of amides is 2. The second-order valence-electron chi connectivity index (χ2n) is 10.4. The van der Waals surface area contributed by atoms with Gasteiger partial charge in [-0.2, -0.15) is 0 Å². The Kier molecular flexibility index (Phi) is 9.92. The Morgan fingerprint density at radius 3 is 2.05 bits per heavy atom. The van der Waals surface area contributed by atoms with Crippen LogP contribution in [0.2, 0.25) is 0 Å². The zero-order chi connectivity index (χ0) is 28.7. The largest absolute Gasteiger partial charge is 0.354 e. The van der Waals surface area contributed by atoms with Crippen molar-refractivity contribution < 1.29 is 18.0 Å². The van der Waals surface area contributed by atoms with E-state index in [2.05, 4.69) is 5.32 Å². The third kappa shape index (κ3) is 7.69. The van der Waals surface area contributed by atoms with Gasteiger partial charge in [0.05, 0.1) is 10.6 Å². The summed E-state index contributed by atoms with van der Waals surface area (Å²) in [6.07, 6.45) is 0. The number of sulfonamides is 1. The molecule has 0 aliphatic carbocycles. The molecule has 0 spiro atoms. The highest BCUT2D eigenvalue weighted by molar-refractivity contribution is 7.92. The summed E-state index contributed by atoms with van der Waals surface area (Å²) in [5, 5.41) is 2.90. The van der Waals surface area contributed by atoms with Gasteiger partial charge in [0.25, 0.3) is 10.0 Å². The molecule has 1 atom stereocenters. The van der Waals surface area contributed by atoms with Gasteiger partial charge in [-0.25, -0.2) is 8.42 Å². The smallest absolute Gasteiger partial charge is 0.264 e. The fourth-order valence-corrected chi connectivity index (χ4v) is 5.74. The number of hydrogen-bond donors (Lipinski definition) is 1. The molecular formula is C31H39N3O4S. The Balaban J connectivity index is 2.03. The molecule has 8 heteroatoms. The molecule has 0 saturated heterocycles. The normalized spacial score (nSPS) is 12.2. The molecular weight excluding hydrogens is 510 g/mol. The Morgan fingerprint density at radius 1 is 0.846 bits per heavy atom. The van der Waals surface area contributed by atoms with Crippen LogP contribution < -0.4 is 9.62 Å². The van der Waals surface area contributed by atoms with Crippen LogP contribution in [0.4, 0.5) is 5.69 Å². The maximum atomic E-state index is 14.0. The molecule has 7 nitrogen and oxygen atoms in total. The highest BCUT2D eigenvalue weighted by Gasteiger charge is 2.33. The minimum Gasteiger partial charge on any atom is -0.354 e. The van der Waals surface area contributed by atoms with Crippen LogP contribution in [0.5, 0.6) is 0 Å². The van der Waals surface area contributed by atoms with E-state index in [0.717, 1.165) is 26.6 Å². The molecule has 0 aromatic heterocycles. The van der Waals surface area contributed by atoms with Crippen LogP contribution in [0.25, 0.3) is 0 Å². The molecule has 3 aromatic rings. The molecule has 208 valence electrons. The predicted octanol–water partition coefficient (Wildman–Crippen LogP) is 5.00. The lowest BCUT2D eigenvalue weighted by Gasteiger charge is -2.32. The summed E-state index contributed by atoms with van der Waals surface area (Å²) in [6, 6.07) is 20.4. The minimum absolute atomic E-state index is 0.0885. The van der Waals surface area contributed by atoms with Gasteiger partial charge in [-0.15, -0.1) is 0 Å². The number of benzene rings is 3. The number of nitrogens with zero attached hydrogens (tertiary/aromatic N) is 2. The maximum absolute atomic E-state index is 14.0. The fraction of sp³-hybridized carbons (Fsp3) is 0.355. The molecule has 0 aliphatic heterocycles. The SMILES string of the molecule is Cc1ccc(CN(C(=O)CN(c2ccc(C)cc2C)S(=O)(=O)c2ccccc2)C(C)C(=O)NCC(C)C)cc1. The van der Waals surface area contributed by atoms with Crippen molar-refractivity contribution in [2.75, 3.05) is 17.4 Å². The first-order valence-corrected chi connectivity index (χ1v) is 14.6. The highest BCUT2D eigenvalue weighted by Crippen LogP contribution is 2.28. The van der Waals surface area contributed by atoms with E-state index in [-0.39, 0.29) is 23.3 Å². The van der Waals surface area contributed by atoms with Gasteiger partial charge in [0, 0.05) is 13.1 Å². The topological polar surface area (TPSA) is 86.8 Å². The number of anilines is 1. The Labute approximate surface area is 232 Å². The summed E-state index contributed by atoms with van der Waals surface area (Å²) in [5.74, 6) is -0.506. The van der Waals surface area contributed by atoms with Crippen LogP contribution in [0.15, 0.2) is 77.7 Å². The molecule has 0 fully saturated rings. The van der Waals surface area contributed by atoms with Crippen molar-refractivity contribution in [1.29, 1.82) is 0 Å². The van der Waals surface area contributed by atoms with Crippen molar-refractivity contribution in [2.45, 2.75) is 59.0 Å². The van der Waals surface area contributed by atoms with E-state index in [1.807, 2.05) is 71.0 Å². The average Bonchev–Trinajstić information content (AvgIpc) is 2.90. The number of nitrogens with one attached hydrogen (secondary N) is 1. The number of hydrogen-bond acceptors (Lipinski definition) is 4. The second kappa shape index (κ2) is 12.9. The Morgan fingerprint density at radius 2 is 1.46 bits per heavy atom. The minimum atomic E-state index is -4.08. The lowest BCUT2D eigenvalue weighted by Crippen LogP contribution is -2.51. The molecule has 0 radical (unpaired) electrons. The van der Waals surface area contributed by atoms with Gasteiger partial charge in [0.1, 0.15) is 12.6 Å². The molecule has 39 heavy (non-hydrogen) atoms. The van der Waals surface area contributed by atoms with Crippen molar-refractivity contribution in [3.8, 4) is 0 Å². The van der Waals surface area contributed by atoms with Crippen molar-refractivity contribution >= 4 is 27.5 Å². The van der Waals surface area contributed by atoms with E-state index in [9.17, 15) is 18.0 Å². The lowest BCUT2D eigenvalue weighted by atomic mass is 10.1. The van der Waals surface area contributed by atoms with Gasteiger partial charge >= 0.3 is 0 Å². The van der Waals surface area contributed by atoms with Crippen LogP contribution in [0, 0.1) is 26.7 Å². The van der Waals surface area contributed by atoms with E-state index >= 15 is 0 Å². The summed E-state index contributed by atoms with van der Waals surface area (Å²) < 4.78 is 28.9. The van der Waals surface area contributed by atoms with Crippen molar-refractivity contribution in [3.63, 3.8) is 0 Å². The third-order valence-electron chi connectivity index (χ3n) is 6.56. The van der Waals surface area contributed by atoms with Crippen LogP contribution in [-0.4, -0.2) is 44.3 Å². The molecule has 0 saturated carbocycles. The second-order valence-corrected chi connectivity index (χ2v) is 12.3. The Hall–Kier alpha value is -3.65. The Bertz CT molecular complexity index is 1390. The van der Waals surface area contributed by atoms with Gasteiger partial charge in [-0.05, 0) is 62.9 Å². The molecule has 0 bridgehead atoms. The van der Waals surface area contributed by atoms with Crippen molar-refractivity contribution in [2.24, 2.45) is 5.92 Å². The fourth-order valence-electron chi connectivity index (χ4n) is 4.24. The third-order valence-corrected chi connectivity index (χ3v) is 8.33. The van der Waals surface area contributed by atoms with Crippen LogP contribution in [0.3, 0.4) is 0 Å². The maximum Gasteiger partial charge on any atom is 0.264 e. The molecule has 0 heterocycles. The first-order chi connectivity index (χ1) is 18.4. The monoisotopic (exact) mass is 549 g/mol. The zero-order valence-electron chi connectivity index (χ0n) is 23.6. The van der Waals surface area contributed by atoms with Gasteiger partial charge in [-0.1, -0.05) is 79.6 Å². The summed E-state index contributed by atoms with van der Waals surface area (Å²) in [6.45, 7) is 11.6. The number of carbonyl (C=O) groups excluding carboxylic acids is 2. The molecule has 3 aromatic carbocycles. The number of rotatable bonds is 11. The summed E-state index contributed by atoms with van der Waals surface area (Å²) in [7, 11) is -4.08. The first-order valence-electron chi connectivity index (χ1n) is 13.2.